The number of piperidine rings is 1. The molecule has 120 valence electrons. The van der Waals surface area contributed by atoms with Crippen LogP contribution in [0.25, 0.3) is 0 Å². The fourth-order valence-corrected chi connectivity index (χ4v) is 2.99. The molecule has 1 saturated carbocycles. The predicted octanol–water partition coefficient (Wildman–Crippen LogP) is 1.48. The summed E-state index contributed by atoms with van der Waals surface area (Å²) in [6, 6.07) is 3.89. The van der Waals surface area contributed by atoms with Gasteiger partial charge in [0.25, 0.3) is 5.91 Å². The van der Waals surface area contributed by atoms with Gasteiger partial charge >= 0.3 is 0 Å². The maximum atomic E-state index is 12.3. The molecular weight excluding hydrogens is 292 g/mol. The van der Waals surface area contributed by atoms with Crippen LogP contribution in [0.5, 0.6) is 0 Å². The van der Waals surface area contributed by atoms with E-state index in [1.807, 2.05) is 12.1 Å². The zero-order valence-electron chi connectivity index (χ0n) is 12.9. The molecule has 0 aromatic carbocycles. The largest absolute Gasteiger partial charge is 0.348 e. The van der Waals surface area contributed by atoms with E-state index in [1.54, 1.807) is 12.4 Å². The van der Waals surface area contributed by atoms with Crippen molar-refractivity contribution in [2.24, 2.45) is 0 Å². The molecule has 2 aromatic heterocycles. The van der Waals surface area contributed by atoms with Crippen LogP contribution < -0.4 is 10.2 Å². The normalized spacial score (nSPS) is 18.9. The predicted molar refractivity (Wildman–Crippen MR) is 85.3 cm³/mol. The summed E-state index contributed by atoms with van der Waals surface area (Å²) in [7, 11) is 0. The first-order valence-electron chi connectivity index (χ1n) is 8.18. The lowest BCUT2D eigenvalue weighted by molar-refractivity contribution is 0.0926. The van der Waals surface area contributed by atoms with E-state index in [-0.39, 0.29) is 11.9 Å². The monoisotopic (exact) mass is 312 g/mol. The van der Waals surface area contributed by atoms with E-state index in [4.69, 9.17) is 0 Å². The maximum absolute atomic E-state index is 12.3. The number of anilines is 1. The topological polar surface area (TPSA) is 86.8 Å². The Labute approximate surface area is 134 Å². The lowest BCUT2D eigenvalue weighted by Gasteiger charge is -2.32. The van der Waals surface area contributed by atoms with Gasteiger partial charge in [-0.05, 0) is 37.8 Å². The van der Waals surface area contributed by atoms with Gasteiger partial charge in [0.2, 0.25) is 5.95 Å². The second kappa shape index (κ2) is 5.98. The number of H-pyrrole nitrogens is 1. The summed E-state index contributed by atoms with van der Waals surface area (Å²) in [6.45, 7) is 1.70. The molecule has 1 amide bonds. The van der Waals surface area contributed by atoms with Crippen molar-refractivity contribution in [1.29, 1.82) is 0 Å². The molecule has 23 heavy (non-hydrogen) atoms. The summed E-state index contributed by atoms with van der Waals surface area (Å²) in [5, 5.41) is 10.2. The number of hydrogen-bond donors (Lipinski definition) is 2. The van der Waals surface area contributed by atoms with Gasteiger partial charge in [-0.1, -0.05) is 0 Å². The van der Waals surface area contributed by atoms with Crippen LogP contribution in [-0.4, -0.2) is 45.2 Å². The van der Waals surface area contributed by atoms with E-state index in [0.717, 1.165) is 37.6 Å². The quantitative estimate of drug-likeness (QED) is 0.893. The van der Waals surface area contributed by atoms with Gasteiger partial charge in [0.1, 0.15) is 5.69 Å². The lowest BCUT2D eigenvalue weighted by atomic mass is 10.1. The van der Waals surface area contributed by atoms with E-state index in [0.29, 0.717) is 11.6 Å². The van der Waals surface area contributed by atoms with Gasteiger partial charge in [-0.25, -0.2) is 9.97 Å². The van der Waals surface area contributed by atoms with E-state index >= 15 is 0 Å². The Kier molecular flexibility index (Phi) is 3.69. The van der Waals surface area contributed by atoms with E-state index in [1.165, 1.54) is 12.8 Å². The first-order valence-corrected chi connectivity index (χ1v) is 8.18. The highest BCUT2D eigenvalue weighted by Crippen LogP contribution is 2.38. The summed E-state index contributed by atoms with van der Waals surface area (Å²) in [5.74, 6) is 1.26. The van der Waals surface area contributed by atoms with Gasteiger partial charge in [-0.3, -0.25) is 9.89 Å². The zero-order chi connectivity index (χ0) is 15.6. The molecule has 1 saturated heterocycles. The van der Waals surface area contributed by atoms with E-state index in [2.05, 4.69) is 30.4 Å². The van der Waals surface area contributed by atoms with Crippen molar-refractivity contribution in [3.05, 3.63) is 35.9 Å². The van der Waals surface area contributed by atoms with Crippen LogP contribution in [0.1, 0.15) is 47.8 Å². The maximum Gasteiger partial charge on any atom is 0.271 e. The Balaban J connectivity index is 1.31. The van der Waals surface area contributed by atoms with Crippen molar-refractivity contribution in [2.45, 2.75) is 37.6 Å². The molecular formula is C16H20N6O. The van der Waals surface area contributed by atoms with Gasteiger partial charge in [-0.2, -0.15) is 5.10 Å². The average Bonchev–Trinajstić information content (AvgIpc) is 3.33. The Morgan fingerprint density at radius 2 is 1.91 bits per heavy atom. The average molecular weight is 312 g/mol. The summed E-state index contributed by atoms with van der Waals surface area (Å²) in [5.41, 5.74) is 1.59. The summed E-state index contributed by atoms with van der Waals surface area (Å²) < 4.78 is 0. The Bertz CT molecular complexity index is 673. The van der Waals surface area contributed by atoms with Crippen LogP contribution in [0, 0.1) is 0 Å². The zero-order valence-corrected chi connectivity index (χ0v) is 12.9. The number of aromatic nitrogens is 4. The number of carbonyl (C=O) groups is 1. The molecule has 0 radical (unpaired) electrons. The molecule has 7 heteroatoms. The van der Waals surface area contributed by atoms with E-state index in [9.17, 15) is 4.79 Å². The molecule has 2 aliphatic rings. The number of aromatic amines is 1. The smallest absolute Gasteiger partial charge is 0.271 e. The van der Waals surface area contributed by atoms with Crippen LogP contribution >= 0.6 is 0 Å². The minimum atomic E-state index is -0.0810. The summed E-state index contributed by atoms with van der Waals surface area (Å²) in [6.07, 6.45) is 7.69. The molecule has 4 rings (SSSR count). The molecule has 0 bridgehead atoms. The van der Waals surface area contributed by atoms with Crippen LogP contribution in [-0.2, 0) is 0 Å². The number of nitrogens with one attached hydrogen (secondary N) is 2. The third-order valence-electron chi connectivity index (χ3n) is 4.51. The fourth-order valence-electron chi connectivity index (χ4n) is 2.99. The first kappa shape index (κ1) is 14.2. The van der Waals surface area contributed by atoms with Crippen molar-refractivity contribution in [3.8, 4) is 0 Å². The van der Waals surface area contributed by atoms with Gasteiger partial charge in [0, 0.05) is 43.1 Å². The van der Waals surface area contributed by atoms with Crippen LogP contribution in [0.2, 0.25) is 0 Å². The highest BCUT2D eigenvalue weighted by Gasteiger charge is 2.27. The second-order valence-corrected chi connectivity index (χ2v) is 6.27. The summed E-state index contributed by atoms with van der Waals surface area (Å²) in [4.78, 5) is 23.0. The third-order valence-corrected chi connectivity index (χ3v) is 4.51. The molecule has 1 aliphatic carbocycles. The lowest BCUT2D eigenvalue weighted by Crippen LogP contribution is -2.45. The van der Waals surface area contributed by atoms with Crippen LogP contribution in [0.15, 0.2) is 24.5 Å². The SMILES string of the molecule is O=C(NC1CCN(c2ncccn2)CC1)c1cc(C2CC2)[nH]n1. The fraction of sp³-hybridized carbons (Fsp3) is 0.500. The van der Waals surface area contributed by atoms with Crippen molar-refractivity contribution in [2.75, 3.05) is 18.0 Å². The van der Waals surface area contributed by atoms with Gasteiger partial charge in [-0.15, -0.1) is 0 Å². The van der Waals surface area contributed by atoms with Gasteiger partial charge in [0.05, 0.1) is 0 Å². The molecule has 0 unspecified atom stereocenters. The molecule has 0 atom stereocenters. The highest BCUT2D eigenvalue weighted by atomic mass is 16.2. The van der Waals surface area contributed by atoms with Crippen molar-refractivity contribution >= 4 is 11.9 Å². The Morgan fingerprint density at radius 3 is 2.61 bits per heavy atom. The van der Waals surface area contributed by atoms with Crippen LogP contribution in [0.4, 0.5) is 5.95 Å². The second-order valence-electron chi connectivity index (χ2n) is 6.27. The number of rotatable bonds is 4. The number of amides is 1. The minimum absolute atomic E-state index is 0.0810. The summed E-state index contributed by atoms with van der Waals surface area (Å²) >= 11 is 0. The molecule has 2 N–H and O–H groups in total. The molecule has 1 aliphatic heterocycles. The molecule has 2 aromatic rings. The number of carbonyl (C=O) groups excluding carboxylic acids is 1. The molecule has 3 heterocycles. The van der Waals surface area contributed by atoms with Crippen molar-refractivity contribution in [3.63, 3.8) is 0 Å². The van der Waals surface area contributed by atoms with Crippen molar-refractivity contribution < 1.29 is 4.79 Å². The number of nitrogens with zero attached hydrogens (tertiary/aromatic N) is 4. The third kappa shape index (κ3) is 3.18. The minimum Gasteiger partial charge on any atom is -0.348 e. The first-order chi connectivity index (χ1) is 11.3. The van der Waals surface area contributed by atoms with E-state index < -0.39 is 0 Å². The molecule has 0 spiro atoms. The van der Waals surface area contributed by atoms with Crippen LogP contribution in [0.3, 0.4) is 0 Å². The number of hydrogen-bond acceptors (Lipinski definition) is 5. The standard InChI is InChI=1S/C16H20N6O/c23-15(14-10-13(20-21-14)11-2-3-11)19-12-4-8-22(9-5-12)16-17-6-1-7-18-16/h1,6-7,10-12H,2-5,8-9H2,(H,19,23)(H,20,21). The molecule has 7 nitrogen and oxygen atoms in total. The molecule has 2 fully saturated rings. The van der Waals surface area contributed by atoms with Gasteiger partial charge in [0.15, 0.2) is 0 Å². The van der Waals surface area contributed by atoms with Crippen molar-refractivity contribution in [1.82, 2.24) is 25.5 Å². The Morgan fingerprint density at radius 1 is 1.17 bits per heavy atom. The Hall–Kier alpha value is -2.44. The highest BCUT2D eigenvalue weighted by molar-refractivity contribution is 5.92. The van der Waals surface area contributed by atoms with Gasteiger partial charge < -0.3 is 10.2 Å².